The molecule has 2 unspecified atom stereocenters. The van der Waals surface area contributed by atoms with Gasteiger partial charge in [0.1, 0.15) is 0 Å². The van der Waals surface area contributed by atoms with Gasteiger partial charge in [-0.3, -0.25) is 4.79 Å². The predicted octanol–water partition coefficient (Wildman–Crippen LogP) is 5.11. The summed E-state index contributed by atoms with van der Waals surface area (Å²) < 4.78 is 1.08. The first kappa shape index (κ1) is 16.3. The van der Waals surface area contributed by atoms with E-state index in [4.69, 9.17) is 0 Å². The molecule has 0 aromatic heterocycles. The molecule has 0 heterocycles. The normalized spacial score (nSPS) is 19.3. The van der Waals surface area contributed by atoms with Gasteiger partial charge in [-0.2, -0.15) is 0 Å². The van der Waals surface area contributed by atoms with E-state index in [-0.39, 0.29) is 12.0 Å². The van der Waals surface area contributed by atoms with Gasteiger partial charge in [-0.15, -0.1) is 0 Å². The van der Waals surface area contributed by atoms with Gasteiger partial charge >= 0.3 is 0 Å². The number of benzene rings is 1. The number of carbonyl (C=O) groups excluding carboxylic acids is 1. The lowest BCUT2D eigenvalue weighted by Crippen LogP contribution is -2.39. The standard InChI is InChI=1S/C18H24BrNO/c1-3-13-20(18(21)15-9-5-4-6-10-15)14(2)16-11-7-8-12-17(16)19/h4-5,7-8,11-12,14-15H,3,6,9-10,13H2,1-2H3. The third kappa shape index (κ3) is 3.97. The van der Waals surface area contributed by atoms with Gasteiger partial charge in [-0.05, 0) is 44.2 Å². The maximum Gasteiger partial charge on any atom is 0.226 e. The molecule has 1 aliphatic rings. The lowest BCUT2D eigenvalue weighted by atomic mass is 9.92. The van der Waals surface area contributed by atoms with E-state index in [1.54, 1.807) is 0 Å². The van der Waals surface area contributed by atoms with Gasteiger partial charge in [0.2, 0.25) is 5.91 Å². The predicted molar refractivity (Wildman–Crippen MR) is 91.0 cm³/mol. The van der Waals surface area contributed by atoms with Crippen molar-refractivity contribution in [3.05, 3.63) is 46.5 Å². The molecule has 1 aromatic rings. The highest BCUT2D eigenvalue weighted by Crippen LogP contribution is 2.30. The van der Waals surface area contributed by atoms with E-state index in [0.717, 1.165) is 36.7 Å². The zero-order valence-electron chi connectivity index (χ0n) is 12.9. The van der Waals surface area contributed by atoms with E-state index >= 15 is 0 Å². The summed E-state index contributed by atoms with van der Waals surface area (Å²) in [7, 11) is 0. The Bertz CT molecular complexity index is 512. The number of amides is 1. The minimum atomic E-state index is 0.110. The minimum absolute atomic E-state index is 0.110. The SMILES string of the molecule is CCCN(C(=O)C1CC=CCC1)C(C)c1ccccc1Br. The Morgan fingerprint density at radius 2 is 2.14 bits per heavy atom. The zero-order chi connectivity index (χ0) is 15.2. The average Bonchev–Trinajstić information content (AvgIpc) is 2.52. The molecule has 1 amide bonds. The quantitative estimate of drug-likeness (QED) is 0.676. The summed E-state index contributed by atoms with van der Waals surface area (Å²) in [4.78, 5) is 15.0. The van der Waals surface area contributed by atoms with Crippen molar-refractivity contribution in [2.24, 2.45) is 5.92 Å². The highest BCUT2D eigenvalue weighted by molar-refractivity contribution is 9.10. The summed E-state index contributed by atoms with van der Waals surface area (Å²) in [6, 6.07) is 8.31. The van der Waals surface area contributed by atoms with Crippen LogP contribution in [0, 0.1) is 5.92 Å². The Hall–Kier alpha value is -1.09. The molecule has 2 nitrogen and oxygen atoms in total. The third-order valence-corrected chi connectivity index (χ3v) is 4.91. The highest BCUT2D eigenvalue weighted by Gasteiger charge is 2.28. The second-order valence-electron chi connectivity index (χ2n) is 5.71. The summed E-state index contributed by atoms with van der Waals surface area (Å²) in [5.41, 5.74) is 1.19. The van der Waals surface area contributed by atoms with Crippen molar-refractivity contribution in [3.63, 3.8) is 0 Å². The van der Waals surface area contributed by atoms with Gasteiger partial charge in [-0.25, -0.2) is 0 Å². The van der Waals surface area contributed by atoms with Gasteiger partial charge < -0.3 is 4.90 Å². The molecule has 0 radical (unpaired) electrons. The van der Waals surface area contributed by atoms with Crippen LogP contribution in [0.3, 0.4) is 0 Å². The van der Waals surface area contributed by atoms with Crippen LogP contribution < -0.4 is 0 Å². The summed E-state index contributed by atoms with van der Waals surface area (Å²) in [5.74, 6) is 0.468. The van der Waals surface area contributed by atoms with E-state index in [2.05, 4.69) is 52.9 Å². The Balaban J connectivity index is 2.19. The maximum absolute atomic E-state index is 12.9. The van der Waals surface area contributed by atoms with Gasteiger partial charge in [0, 0.05) is 16.9 Å². The van der Waals surface area contributed by atoms with Crippen molar-refractivity contribution in [2.75, 3.05) is 6.54 Å². The minimum Gasteiger partial charge on any atom is -0.336 e. The molecule has 0 saturated heterocycles. The molecule has 1 aliphatic carbocycles. The number of halogens is 1. The fourth-order valence-corrected chi connectivity index (χ4v) is 3.59. The molecule has 0 saturated carbocycles. The summed E-state index contributed by atoms with van der Waals surface area (Å²) in [5, 5.41) is 0. The van der Waals surface area contributed by atoms with Crippen molar-refractivity contribution in [1.29, 1.82) is 0 Å². The molecular weight excluding hydrogens is 326 g/mol. The van der Waals surface area contributed by atoms with Crippen LogP contribution in [0.2, 0.25) is 0 Å². The van der Waals surface area contributed by atoms with Crippen molar-refractivity contribution < 1.29 is 4.79 Å². The number of nitrogens with zero attached hydrogens (tertiary/aromatic N) is 1. The summed E-state index contributed by atoms with van der Waals surface area (Å²) in [6.45, 7) is 5.08. The Labute approximate surface area is 136 Å². The van der Waals surface area contributed by atoms with Crippen LogP contribution in [0.1, 0.15) is 51.1 Å². The fourth-order valence-electron chi connectivity index (χ4n) is 2.97. The molecular formula is C18H24BrNO. The van der Waals surface area contributed by atoms with Crippen molar-refractivity contribution in [2.45, 2.75) is 45.6 Å². The first-order valence-electron chi connectivity index (χ1n) is 7.85. The molecule has 2 rings (SSSR count). The molecule has 21 heavy (non-hydrogen) atoms. The first-order valence-corrected chi connectivity index (χ1v) is 8.64. The van der Waals surface area contributed by atoms with E-state index < -0.39 is 0 Å². The maximum atomic E-state index is 12.9. The number of hydrogen-bond acceptors (Lipinski definition) is 1. The van der Waals surface area contributed by atoms with Crippen molar-refractivity contribution in [3.8, 4) is 0 Å². The fraction of sp³-hybridized carbons (Fsp3) is 0.500. The van der Waals surface area contributed by atoms with Crippen LogP contribution in [0.15, 0.2) is 40.9 Å². The second kappa shape index (κ2) is 7.79. The molecule has 3 heteroatoms. The van der Waals surface area contributed by atoms with E-state index in [1.807, 2.05) is 18.2 Å². The van der Waals surface area contributed by atoms with Crippen LogP contribution in [-0.4, -0.2) is 17.4 Å². The van der Waals surface area contributed by atoms with Gasteiger partial charge in [0.05, 0.1) is 6.04 Å². The topological polar surface area (TPSA) is 20.3 Å². The van der Waals surface area contributed by atoms with Gasteiger partial charge in [0.25, 0.3) is 0 Å². The molecule has 0 N–H and O–H groups in total. The van der Waals surface area contributed by atoms with Crippen molar-refractivity contribution >= 4 is 21.8 Å². The number of carbonyl (C=O) groups is 1. The molecule has 114 valence electrons. The van der Waals surface area contributed by atoms with Crippen molar-refractivity contribution in [1.82, 2.24) is 4.90 Å². The number of hydrogen-bond donors (Lipinski definition) is 0. The molecule has 0 bridgehead atoms. The molecule has 0 spiro atoms. The summed E-state index contributed by atoms with van der Waals surface area (Å²) in [6.07, 6.45) is 8.23. The lowest BCUT2D eigenvalue weighted by Gasteiger charge is -2.33. The Morgan fingerprint density at radius 3 is 2.76 bits per heavy atom. The monoisotopic (exact) mass is 349 g/mol. The number of rotatable bonds is 5. The van der Waals surface area contributed by atoms with Gasteiger partial charge in [-0.1, -0.05) is 53.2 Å². The Morgan fingerprint density at radius 1 is 1.38 bits per heavy atom. The van der Waals surface area contributed by atoms with Gasteiger partial charge in [0.15, 0.2) is 0 Å². The zero-order valence-corrected chi connectivity index (χ0v) is 14.5. The third-order valence-electron chi connectivity index (χ3n) is 4.19. The van der Waals surface area contributed by atoms with Crippen LogP contribution in [0.4, 0.5) is 0 Å². The number of allylic oxidation sites excluding steroid dienone is 2. The molecule has 1 aromatic carbocycles. The largest absolute Gasteiger partial charge is 0.336 e. The van der Waals surface area contributed by atoms with Crippen LogP contribution >= 0.6 is 15.9 Å². The van der Waals surface area contributed by atoms with E-state index in [1.165, 1.54) is 5.56 Å². The molecule has 2 atom stereocenters. The first-order chi connectivity index (χ1) is 10.1. The average molecular weight is 350 g/mol. The smallest absolute Gasteiger partial charge is 0.226 e. The highest BCUT2D eigenvalue weighted by atomic mass is 79.9. The molecule has 0 fully saturated rings. The van der Waals surface area contributed by atoms with E-state index in [9.17, 15) is 4.79 Å². The van der Waals surface area contributed by atoms with E-state index in [0.29, 0.717) is 5.91 Å². The lowest BCUT2D eigenvalue weighted by molar-refractivity contribution is -0.138. The molecule has 0 aliphatic heterocycles. The van der Waals surface area contributed by atoms with Crippen LogP contribution in [0.25, 0.3) is 0 Å². The van der Waals surface area contributed by atoms with Crippen LogP contribution in [-0.2, 0) is 4.79 Å². The van der Waals surface area contributed by atoms with Crippen LogP contribution in [0.5, 0.6) is 0 Å². The second-order valence-corrected chi connectivity index (χ2v) is 6.56. The summed E-state index contributed by atoms with van der Waals surface area (Å²) >= 11 is 3.61. The Kier molecular flexibility index (Phi) is 6.04.